The molecule has 1 fully saturated rings. The standard InChI is InChI=1S/C23H28N2O3/c1-25(2)19-8-5-17(6-9-19)22(26)24-16-23(11-3-4-12-23)18-7-10-20-21(15-18)28-14-13-27-20/h5-10,15H,3-4,11-14,16H2,1-2H3,(H,24,26). The van der Waals surface area contributed by atoms with Gasteiger partial charge in [0.05, 0.1) is 0 Å². The summed E-state index contributed by atoms with van der Waals surface area (Å²) in [7, 11) is 3.98. The van der Waals surface area contributed by atoms with E-state index in [1.807, 2.05) is 49.3 Å². The quantitative estimate of drug-likeness (QED) is 0.858. The van der Waals surface area contributed by atoms with Crippen LogP contribution in [0.3, 0.4) is 0 Å². The Morgan fingerprint density at radius 3 is 2.36 bits per heavy atom. The number of rotatable bonds is 5. The van der Waals surface area contributed by atoms with Crippen LogP contribution in [0.2, 0.25) is 0 Å². The van der Waals surface area contributed by atoms with E-state index in [1.165, 1.54) is 18.4 Å². The van der Waals surface area contributed by atoms with Gasteiger partial charge in [0, 0.05) is 37.3 Å². The molecule has 1 amide bonds. The van der Waals surface area contributed by atoms with E-state index in [2.05, 4.69) is 17.4 Å². The second-order valence-electron chi connectivity index (χ2n) is 7.97. The van der Waals surface area contributed by atoms with Crippen molar-refractivity contribution >= 4 is 11.6 Å². The van der Waals surface area contributed by atoms with Gasteiger partial charge in [-0.1, -0.05) is 18.9 Å². The van der Waals surface area contributed by atoms with Crippen molar-refractivity contribution < 1.29 is 14.3 Å². The SMILES string of the molecule is CN(C)c1ccc(C(=O)NCC2(c3ccc4c(c3)OCCO4)CCCC2)cc1. The van der Waals surface area contributed by atoms with Gasteiger partial charge in [0.1, 0.15) is 13.2 Å². The molecule has 1 saturated carbocycles. The lowest BCUT2D eigenvalue weighted by Gasteiger charge is -2.31. The maximum Gasteiger partial charge on any atom is 0.251 e. The third kappa shape index (κ3) is 3.66. The molecule has 0 bridgehead atoms. The lowest BCUT2D eigenvalue weighted by molar-refractivity contribution is 0.0943. The largest absolute Gasteiger partial charge is 0.486 e. The fourth-order valence-corrected chi connectivity index (χ4v) is 4.26. The minimum Gasteiger partial charge on any atom is -0.486 e. The average molecular weight is 380 g/mol. The zero-order valence-corrected chi connectivity index (χ0v) is 16.7. The van der Waals surface area contributed by atoms with Crippen LogP contribution in [0.4, 0.5) is 5.69 Å². The first kappa shape index (κ1) is 18.7. The molecule has 1 heterocycles. The summed E-state index contributed by atoms with van der Waals surface area (Å²) < 4.78 is 11.4. The minimum absolute atomic E-state index is 0.0193. The highest BCUT2D eigenvalue weighted by Gasteiger charge is 2.36. The number of benzene rings is 2. The molecule has 0 unspecified atom stereocenters. The number of amides is 1. The molecule has 2 aromatic carbocycles. The molecule has 5 nitrogen and oxygen atoms in total. The van der Waals surface area contributed by atoms with Gasteiger partial charge < -0.3 is 19.7 Å². The number of ether oxygens (including phenoxy) is 2. The summed E-state index contributed by atoms with van der Waals surface area (Å²) in [5.41, 5.74) is 2.98. The van der Waals surface area contributed by atoms with Gasteiger partial charge in [-0.25, -0.2) is 0 Å². The first-order valence-corrected chi connectivity index (χ1v) is 10.0. The molecule has 0 saturated heterocycles. The van der Waals surface area contributed by atoms with E-state index in [4.69, 9.17) is 9.47 Å². The third-order valence-corrected chi connectivity index (χ3v) is 5.95. The van der Waals surface area contributed by atoms with Crippen molar-refractivity contribution in [2.24, 2.45) is 0 Å². The van der Waals surface area contributed by atoms with Crippen LogP contribution >= 0.6 is 0 Å². The van der Waals surface area contributed by atoms with Gasteiger partial charge in [0.15, 0.2) is 11.5 Å². The van der Waals surface area contributed by atoms with Crippen molar-refractivity contribution in [1.82, 2.24) is 5.32 Å². The van der Waals surface area contributed by atoms with Gasteiger partial charge in [-0.2, -0.15) is 0 Å². The van der Waals surface area contributed by atoms with Crippen LogP contribution in [-0.4, -0.2) is 39.8 Å². The Bertz CT molecular complexity index is 839. The fourth-order valence-electron chi connectivity index (χ4n) is 4.26. The number of fused-ring (bicyclic) bond motifs is 1. The highest BCUT2D eigenvalue weighted by atomic mass is 16.6. The molecule has 28 heavy (non-hydrogen) atoms. The topological polar surface area (TPSA) is 50.8 Å². The van der Waals surface area contributed by atoms with Crippen molar-refractivity contribution in [3.63, 3.8) is 0 Å². The van der Waals surface area contributed by atoms with Crippen molar-refractivity contribution in [3.05, 3.63) is 53.6 Å². The van der Waals surface area contributed by atoms with Gasteiger partial charge >= 0.3 is 0 Å². The first-order chi connectivity index (χ1) is 13.6. The Morgan fingerprint density at radius 1 is 1.00 bits per heavy atom. The van der Waals surface area contributed by atoms with E-state index < -0.39 is 0 Å². The van der Waals surface area contributed by atoms with Crippen LogP contribution in [0, 0.1) is 0 Å². The van der Waals surface area contributed by atoms with E-state index in [0.29, 0.717) is 25.3 Å². The smallest absolute Gasteiger partial charge is 0.251 e. The van der Waals surface area contributed by atoms with E-state index in [-0.39, 0.29) is 11.3 Å². The van der Waals surface area contributed by atoms with Crippen LogP contribution in [-0.2, 0) is 5.41 Å². The molecular formula is C23H28N2O3. The Balaban J connectivity index is 1.50. The number of nitrogens with one attached hydrogen (secondary N) is 1. The fraction of sp³-hybridized carbons (Fsp3) is 0.435. The van der Waals surface area contributed by atoms with Crippen molar-refractivity contribution in [2.45, 2.75) is 31.1 Å². The van der Waals surface area contributed by atoms with Crippen molar-refractivity contribution in [1.29, 1.82) is 0 Å². The molecule has 2 aromatic rings. The molecule has 4 rings (SSSR count). The molecule has 148 valence electrons. The Labute approximate surface area is 166 Å². The van der Waals surface area contributed by atoms with Gasteiger partial charge in [-0.05, 0) is 54.8 Å². The lowest BCUT2D eigenvalue weighted by Crippen LogP contribution is -2.39. The summed E-state index contributed by atoms with van der Waals surface area (Å²) >= 11 is 0. The van der Waals surface area contributed by atoms with Gasteiger partial charge in [0.2, 0.25) is 0 Å². The monoisotopic (exact) mass is 380 g/mol. The molecular weight excluding hydrogens is 352 g/mol. The molecule has 0 atom stereocenters. The molecule has 0 spiro atoms. The molecule has 5 heteroatoms. The molecule has 0 aromatic heterocycles. The number of carbonyl (C=O) groups excluding carboxylic acids is 1. The molecule has 0 radical (unpaired) electrons. The van der Waals surface area contributed by atoms with Crippen molar-refractivity contribution in [2.75, 3.05) is 38.8 Å². The predicted octanol–water partition coefficient (Wildman–Crippen LogP) is 3.77. The van der Waals surface area contributed by atoms with Crippen LogP contribution in [0.5, 0.6) is 11.5 Å². The molecule has 1 aliphatic heterocycles. The molecule has 2 aliphatic rings. The average Bonchev–Trinajstić information content (AvgIpc) is 3.22. The summed E-state index contributed by atoms with van der Waals surface area (Å²) in [5.74, 6) is 1.61. The minimum atomic E-state index is -0.0327. The number of carbonyl (C=O) groups is 1. The maximum absolute atomic E-state index is 12.7. The lowest BCUT2D eigenvalue weighted by atomic mass is 9.78. The van der Waals surface area contributed by atoms with E-state index in [1.54, 1.807) is 0 Å². The van der Waals surface area contributed by atoms with Crippen LogP contribution in [0.15, 0.2) is 42.5 Å². The van der Waals surface area contributed by atoms with Crippen molar-refractivity contribution in [3.8, 4) is 11.5 Å². The molecule has 1 aliphatic carbocycles. The number of anilines is 1. The summed E-state index contributed by atoms with van der Waals surface area (Å²) in [6, 6.07) is 14.0. The van der Waals surface area contributed by atoms with E-state index >= 15 is 0 Å². The Morgan fingerprint density at radius 2 is 1.68 bits per heavy atom. The van der Waals surface area contributed by atoms with Crippen LogP contribution < -0.4 is 19.7 Å². The second kappa shape index (κ2) is 7.74. The second-order valence-corrected chi connectivity index (χ2v) is 7.97. The Kier molecular flexibility index (Phi) is 5.16. The number of hydrogen-bond donors (Lipinski definition) is 1. The number of hydrogen-bond acceptors (Lipinski definition) is 4. The first-order valence-electron chi connectivity index (χ1n) is 10.0. The highest BCUT2D eigenvalue weighted by molar-refractivity contribution is 5.94. The predicted molar refractivity (Wildman–Crippen MR) is 111 cm³/mol. The highest BCUT2D eigenvalue weighted by Crippen LogP contribution is 2.43. The normalized spacial score (nSPS) is 17.2. The maximum atomic E-state index is 12.7. The summed E-state index contributed by atoms with van der Waals surface area (Å²) in [5, 5.41) is 3.18. The Hall–Kier alpha value is -2.69. The van der Waals surface area contributed by atoms with E-state index in [9.17, 15) is 4.79 Å². The zero-order chi connectivity index (χ0) is 19.6. The van der Waals surface area contributed by atoms with E-state index in [0.717, 1.165) is 30.0 Å². The van der Waals surface area contributed by atoms with Crippen LogP contribution in [0.1, 0.15) is 41.6 Å². The van der Waals surface area contributed by atoms with Crippen LogP contribution in [0.25, 0.3) is 0 Å². The zero-order valence-electron chi connectivity index (χ0n) is 16.7. The third-order valence-electron chi connectivity index (χ3n) is 5.95. The van der Waals surface area contributed by atoms with Gasteiger partial charge in [-0.15, -0.1) is 0 Å². The number of nitrogens with zero attached hydrogens (tertiary/aromatic N) is 1. The summed E-state index contributed by atoms with van der Waals surface area (Å²) in [4.78, 5) is 14.7. The van der Waals surface area contributed by atoms with Gasteiger partial charge in [0.25, 0.3) is 5.91 Å². The molecule has 1 N–H and O–H groups in total. The summed E-state index contributed by atoms with van der Waals surface area (Å²) in [6.07, 6.45) is 4.52. The summed E-state index contributed by atoms with van der Waals surface area (Å²) in [6.45, 7) is 1.82. The van der Waals surface area contributed by atoms with Gasteiger partial charge in [-0.3, -0.25) is 4.79 Å².